The Morgan fingerprint density at radius 1 is 1.67 bits per heavy atom. The topological polar surface area (TPSA) is 135 Å². The molecule has 1 amide bonds. The fraction of sp³-hybridized carbons (Fsp3) is 0.500. The van der Waals surface area contributed by atoms with Crippen molar-refractivity contribution >= 4 is 31.3 Å². The van der Waals surface area contributed by atoms with Crippen molar-refractivity contribution in [2.24, 2.45) is 5.11 Å². The molecule has 0 saturated carbocycles. The number of carbonyl (C=O) groups excluding carboxylic acids is 3. The molecule has 1 unspecified atom stereocenters. The minimum atomic E-state index is -0.616. The van der Waals surface area contributed by atoms with Crippen molar-refractivity contribution in [2.45, 2.75) is 6.04 Å². The summed E-state index contributed by atoms with van der Waals surface area (Å²) in [6.07, 6.45) is 0.570. The van der Waals surface area contributed by atoms with Crippen molar-refractivity contribution in [3.63, 3.8) is 0 Å². The van der Waals surface area contributed by atoms with Gasteiger partial charge in [-0.1, -0.05) is 5.11 Å². The lowest BCUT2D eigenvalue weighted by Gasteiger charge is -2.07. The SMILES string of the molecule is O=C[O-].[N-]=[N+]=NCC(=O)NC(C=O)CS. The van der Waals surface area contributed by atoms with Gasteiger partial charge in [0.1, 0.15) is 12.8 Å². The number of aldehydes is 1. The van der Waals surface area contributed by atoms with Gasteiger partial charge < -0.3 is 20.0 Å². The molecule has 0 spiro atoms. The van der Waals surface area contributed by atoms with Crippen molar-refractivity contribution in [3.05, 3.63) is 10.4 Å². The van der Waals surface area contributed by atoms with Crippen LogP contribution >= 0.6 is 12.6 Å². The molecule has 0 saturated heterocycles. The first-order valence-electron chi connectivity index (χ1n) is 3.58. The number of hydrogen-bond acceptors (Lipinski definition) is 6. The van der Waals surface area contributed by atoms with Crippen LogP contribution in [0.1, 0.15) is 0 Å². The van der Waals surface area contributed by atoms with Crippen LogP contribution in [0, 0.1) is 0 Å². The number of amides is 1. The van der Waals surface area contributed by atoms with Gasteiger partial charge >= 0.3 is 0 Å². The summed E-state index contributed by atoms with van der Waals surface area (Å²) in [7, 11) is 0. The molecular weight excluding hydrogens is 224 g/mol. The summed E-state index contributed by atoms with van der Waals surface area (Å²) >= 11 is 3.81. The molecule has 0 rings (SSSR count). The molecule has 0 aromatic heterocycles. The van der Waals surface area contributed by atoms with E-state index in [-0.39, 0.29) is 12.3 Å². The highest BCUT2D eigenvalue weighted by Crippen LogP contribution is 1.83. The third kappa shape index (κ3) is 12.3. The first-order valence-corrected chi connectivity index (χ1v) is 4.21. The zero-order valence-corrected chi connectivity index (χ0v) is 8.46. The molecule has 0 aromatic rings. The molecular formula is C6H9N4O4S-. The molecule has 84 valence electrons. The van der Waals surface area contributed by atoms with Crippen LogP contribution in [0.15, 0.2) is 5.11 Å². The number of nitrogens with one attached hydrogen (secondary N) is 1. The van der Waals surface area contributed by atoms with Gasteiger partial charge in [0, 0.05) is 17.1 Å². The molecule has 0 aliphatic carbocycles. The van der Waals surface area contributed by atoms with Gasteiger partial charge in [-0.05, 0) is 5.53 Å². The van der Waals surface area contributed by atoms with Gasteiger partial charge in [-0.2, -0.15) is 12.6 Å². The lowest BCUT2D eigenvalue weighted by molar-refractivity contribution is -0.283. The van der Waals surface area contributed by atoms with Gasteiger partial charge in [0.05, 0.1) is 6.04 Å². The van der Waals surface area contributed by atoms with Crippen LogP contribution in [0.2, 0.25) is 0 Å². The standard InChI is InChI=1S/C5H8N4O2S.CH2O2/c6-9-7-1-5(11)8-4(2-10)3-12;2-1-3/h2,4,12H,1,3H2,(H,8,11);1H,(H,2,3)/p-1. The van der Waals surface area contributed by atoms with E-state index in [9.17, 15) is 9.59 Å². The van der Waals surface area contributed by atoms with Gasteiger partial charge in [0.15, 0.2) is 0 Å². The monoisotopic (exact) mass is 233 g/mol. The molecule has 8 nitrogen and oxygen atoms in total. The van der Waals surface area contributed by atoms with Gasteiger partial charge in [0.2, 0.25) is 5.91 Å². The molecule has 0 bridgehead atoms. The van der Waals surface area contributed by atoms with E-state index in [0.29, 0.717) is 6.29 Å². The van der Waals surface area contributed by atoms with Crippen LogP contribution in [-0.4, -0.2) is 37.0 Å². The quantitative estimate of drug-likeness (QED) is 0.192. The Morgan fingerprint density at radius 2 is 2.20 bits per heavy atom. The largest absolute Gasteiger partial charge is 0.554 e. The van der Waals surface area contributed by atoms with Crippen LogP contribution in [0.4, 0.5) is 0 Å². The summed E-state index contributed by atoms with van der Waals surface area (Å²) in [5.74, 6) is -0.259. The number of nitrogens with zero attached hydrogens (tertiary/aromatic N) is 3. The van der Waals surface area contributed by atoms with Crippen molar-refractivity contribution in [1.29, 1.82) is 0 Å². The summed E-state index contributed by atoms with van der Waals surface area (Å²) in [6, 6.07) is -0.616. The lowest BCUT2D eigenvalue weighted by Crippen LogP contribution is -2.38. The average Bonchev–Trinajstić information content (AvgIpc) is 2.24. The minimum Gasteiger partial charge on any atom is -0.554 e. The number of carbonyl (C=O) groups is 3. The number of rotatable bonds is 5. The Morgan fingerprint density at radius 3 is 2.53 bits per heavy atom. The third-order valence-electron chi connectivity index (χ3n) is 0.985. The van der Waals surface area contributed by atoms with E-state index in [1.807, 2.05) is 0 Å². The van der Waals surface area contributed by atoms with Crippen molar-refractivity contribution < 1.29 is 19.5 Å². The number of carboxylic acid groups (broad SMARTS) is 1. The van der Waals surface area contributed by atoms with E-state index in [1.54, 1.807) is 0 Å². The van der Waals surface area contributed by atoms with Gasteiger partial charge in [-0.3, -0.25) is 4.79 Å². The lowest BCUT2D eigenvalue weighted by atomic mass is 10.4. The predicted molar refractivity (Wildman–Crippen MR) is 51.9 cm³/mol. The van der Waals surface area contributed by atoms with Gasteiger partial charge in [0.25, 0.3) is 0 Å². The van der Waals surface area contributed by atoms with Gasteiger partial charge in [-0.25, -0.2) is 0 Å². The third-order valence-corrected chi connectivity index (χ3v) is 1.38. The van der Waals surface area contributed by atoms with Crippen LogP contribution in [0.3, 0.4) is 0 Å². The van der Waals surface area contributed by atoms with Crippen LogP contribution < -0.4 is 10.4 Å². The van der Waals surface area contributed by atoms with Crippen molar-refractivity contribution in [2.75, 3.05) is 12.3 Å². The molecule has 0 heterocycles. The maximum absolute atomic E-state index is 10.8. The molecule has 0 radical (unpaired) electrons. The second-order valence-electron chi connectivity index (χ2n) is 1.98. The van der Waals surface area contributed by atoms with E-state index in [2.05, 4.69) is 28.0 Å². The number of hydrogen-bond donors (Lipinski definition) is 2. The number of azide groups is 1. The predicted octanol–water partition coefficient (Wildman–Crippen LogP) is -1.72. The maximum Gasteiger partial charge on any atom is 0.226 e. The highest BCUT2D eigenvalue weighted by molar-refractivity contribution is 7.80. The highest BCUT2D eigenvalue weighted by Gasteiger charge is 2.07. The summed E-state index contributed by atoms with van der Waals surface area (Å²) in [5.41, 5.74) is 7.86. The van der Waals surface area contributed by atoms with E-state index < -0.39 is 18.4 Å². The van der Waals surface area contributed by atoms with E-state index in [0.717, 1.165) is 0 Å². The Labute approximate surface area is 90.7 Å². The van der Waals surface area contributed by atoms with Crippen LogP contribution in [0.5, 0.6) is 0 Å². The van der Waals surface area contributed by atoms with Gasteiger partial charge in [-0.15, -0.1) is 0 Å². The van der Waals surface area contributed by atoms with Crippen molar-refractivity contribution in [1.82, 2.24) is 5.32 Å². The summed E-state index contributed by atoms with van der Waals surface area (Å²) in [6.45, 7) is -0.797. The Balaban J connectivity index is 0. The Hall–Kier alpha value is -1.73. The van der Waals surface area contributed by atoms with E-state index >= 15 is 0 Å². The first kappa shape index (κ1) is 15.7. The van der Waals surface area contributed by atoms with E-state index in [1.165, 1.54) is 0 Å². The maximum atomic E-state index is 10.8. The number of thiol groups is 1. The smallest absolute Gasteiger partial charge is 0.226 e. The minimum absolute atomic E-state index is 0.228. The molecule has 9 heteroatoms. The van der Waals surface area contributed by atoms with Crippen LogP contribution in [-0.2, 0) is 14.4 Å². The van der Waals surface area contributed by atoms with E-state index in [4.69, 9.17) is 15.4 Å². The molecule has 0 aromatic carbocycles. The zero-order valence-electron chi connectivity index (χ0n) is 7.57. The molecule has 1 N–H and O–H groups in total. The Bertz CT molecular complexity index is 254. The molecule has 0 aliphatic rings. The second-order valence-corrected chi connectivity index (χ2v) is 2.34. The zero-order chi connectivity index (χ0) is 12.1. The highest BCUT2D eigenvalue weighted by atomic mass is 32.1. The first-order chi connectivity index (χ1) is 7.15. The fourth-order valence-electron chi connectivity index (χ4n) is 0.471. The average molecular weight is 233 g/mol. The molecule has 1 atom stereocenters. The molecule has 0 aliphatic heterocycles. The summed E-state index contributed by atoms with van der Waals surface area (Å²) in [5, 5.41) is 13.6. The second kappa shape index (κ2) is 12.3. The van der Waals surface area contributed by atoms with Crippen LogP contribution in [0.25, 0.3) is 10.4 Å². The summed E-state index contributed by atoms with van der Waals surface area (Å²) < 4.78 is 0. The molecule has 15 heavy (non-hydrogen) atoms. The normalized spacial score (nSPS) is 9.67. The summed E-state index contributed by atoms with van der Waals surface area (Å²) in [4.78, 5) is 31.6. The van der Waals surface area contributed by atoms with Crippen molar-refractivity contribution in [3.8, 4) is 0 Å². The molecule has 0 fully saturated rings. The Kier molecular flexibility index (Phi) is 12.9. The fourth-order valence-corrected chi connectivity index (χ4v) is 0.648.